The van der Waals surface area contributed by atoms with Gasteiger partial charge in [0.2, 0.25) is 0 Å². The van der Waals surface area contributed by atoms with Gasteiger partial charge in [-0.3, -0.25) is 9.59 Å². The van der Waals surface area contributed by atoms with E-state index < -0.39 is 11.8 Å². The lowest BCUT2D eigenvalue weighted by molar-refractivity contribution is -0.136. The average Bonchev–Trinajstić information content (AvgIpc) is 2.44. The molecule has 2 amide bonds. The molecule has 0 saturated carbocycles. The summed E-state index contributed by atoms with van der Waals surface area (Å²) in [5.74, 6) is -1.17. The number of unbranched alkanes of at least 4 members (excludes halogenated alkanes) is 4. The molecule has 1 aromatic carbocycles. The minimum atomic E-state index is -0.604. The second kappa shape index (κ2) is 9.13. The van der Waals surface area contributed by atoms with Crippen LogP contribution in [0.25, 0.3) is 0 Å². The van der Waals surface area contributed by atoms with Crippen molar-refractivity contribution < 1.29 is 9.59 Å². The second-order valence-electron chi connectivity index (χ2n) is 4.94. The van der Waals surface area contributed by atoms with Crippen molar-refractivity contribution in [1.82, 2.24) is 5.32 Å². The maximum atomic E-state index is 11.7. The molecule has 0 aliphatic heterocycles. The Labute approximate surface area is 121 Å². The van der Waals surface area contributed by atoms with Gasteiger partial charge in [0.1, 0.15) is 0 Å². The fourth-order valence-corrected chi connectivity index (χ4v) is 1.90. The number of carbonyl (C=O) groups excluding carboxylic acids is 2. The maximum Gasteiger partial charge on any atom is 0.313 e. The van der Waals surface area contributed by atoms with Gasteiger partial charge in [0.25, 0.3) is 0 Å². The summed E-state index contributed by atoms with van der Waals surface area (Å²) in [4.78, 5) is 23.3. The molecule has 4 nitrogen and oxygen atoms in total. The first kappa shape index (κ1) is 16.2. The van der Waals surface area contributed by atoms with E-state index in [2.05, 4.69) is 17.6 Å². The zero-order valence-corrected chi connectivity index (χ0v) is 12.4. The molecule has 0 aliphatic carbocycles. The summed E-state index contributed by atoms with van der Waals surface area (Å²) in [7, 11) is 0. The van der Waals surface area contributed by atoms with Crippen LogP contribution in [0.1, 0.15) is 44.6 Å². The third-order valence-electron chi connectivity index (χ3n) is 3.17. The van der Waals surface area contributed by atoms with Gasteiger partial charge in [-0.1, -0.05) is 50.8 Å². The minimum absolute atomic E-state index is 0.559. The normalized spacial score (nSPS) is 10.1. The summed E-state index contributed by atoms with van der Waals surface area (Å²) in [6, 6.07) is 7.39. The third-order valence-corrected chi connectivity index (χ3v) is 3.17. The molecule has 0 spiro atoms. The Morgan fingerprint density at radius 1 is 1.00 bits per heavy atom. The van der Waals surface area contributed by atoms with Crippen molar-refractivity contribution in [3.05, 3.63) is 29.8 Å². The first-order valence-electron chi connectivity index (χ1n) is 7.30. The first-order valence-corrected chi connectivity index (χ1v) is 7.30. The summed E-state index contributed by atoms with van der Waals surface area (Å²) >= 11 is 0. The third kappa shape index (κ3) is 5.87. The molecule has 0 atom stereocenters. The zero-order chi connectivity index (χ0) is 14.8. The van der Waals surface area contributed by atoms with Crippen molar-refractivity contribution in [2.45, 2.75) is 46.0 Å². The second-order valence-corrected chi connectivity index (χ2v) is 4.94. The van der Waals surface area contributed by atoms with E-state index in [1.165, 1.54) is 19.3 Å². The molecule has 0 unspecified atom stereocenters. The largest absolute Gasteiger partial charge is 0.348 e. The van der Waals surface area contributed by atoms with Crippen molar-refractivity contribution in [2.75, 3.05) is 11.9 Å². The highest BCUT2D eigenvalue weighted by atomic mass is 16.2. The average molecular weight is 276 g/mol. The Bertz CT molecular complexity index is 444. The number of nitrogens with one attached hydrogen (secondary N) is 2. The molecule has 2 N–H and O–H groups in total. The lowest BCUT2D eigenvalue weighted by Crippen LogP contribution is -2.36. The highest BCUT2D eigenvalue weighted by Crippen LogP contribution is 2.12. The van der Waals surface area contributed by atoms with E-state index in [1.807, 2.05) is 25.1 Å². The number of benzene rings is 1. The number of hydrogen-bond acceptors (Lipinski definition) is 2. The summed E-state index contributed by atoms with van der Waals surface area (Å²) in [5, 5.41) is 5.27. The molecule has 0 radical (unpaired) electrons. The molecular formula is C16H24N2O2. The van der Waals surface area contributed by atoms with Crippen LogP contribution in [0.15, 0.2) is 24.3 Å². The molecular weight excluding hydrogens is 252 g/mol. The van der Waals surface area contributed by atoms with E-state index in [0.717, 1.165) is 18.4 Å². The molecule has 20 heavy (non-hydrogen) atoms. The molecule has 1 rings (SSSR count). The Morgan fingerprint density at radius 2 is 1.70 bits per heavy atom. The van der Waals surface area contributed by atoms with Gasteiger partial charge < -0.3 is 10.6 Å². The van der Waals surface area contributed by atoms with Gasteiger partial charge in [-0.2, -0.15) is 0 Å². The minimum Gasteiger partial charge on any atom is -0.348 e. The number of amides is 2. The van der Waals surface area contributed by atoms with Gasteiger partial charge in [-0.15, -0.1) is 0 Å². The fraction of sp³-hybridized carbons (Fsp3) is 0.500. The summed E-state index contributed by atoms with van der Waals surface area (Å²) in [6.45, 7) is 4.61. The van der Waals surface area contributed by atoms with Gasteiger partial charge in [0.15, 0.2) is 0 Å². The van der Waals surface area contributed by atoms with Crippen LogP contribution in [-0.4, -0.2) is 18.4 Å². The van der Waals surface area contributed by atoms with Crippen LogP contribution >= 0.6 is 0 Å². The van der Waals surface area contributed by atoms with Crippen molar-refractivity contribution in [2.24, 2.45) is 0 Å². The number of carbonyl (C=O) groups is 2. The van der Waals surface area contributed by atoms with Crippen LogP contribution in [0.2, 0.25) is 0 Å². The highest BCUT2D eigenvalue weighted by Gasteiger charge is 2.13. The number of hydrogen-bond donors (Lipinski definition) is 2. The summed E-state index contributed by atoms with van der Waals surface area (Å²) < 4.78 is 0. The van der Waals surface area contributed by atoms with E-state index in [-0.39, 0.29) is 0 Å². The van der Waals surface area contributed by atoms with Crippen LogP contribution in [0.4, 0.5) is 5.69 Å². The van der Waals surface area contributed by atoms with Gasteiger partial charge >= 0.3 is 11.8 Å². The van der Waals surface area contributed by atoms with Crippen LogP contribution in [0.5, 0.6) is 0 Å². The quantitative estimate of drug-likeness (QED) is 0.594. The standard InChI is InChI=1S/C16H24N2O2/c1-3-4-5-6-9-12-17-15(19)16(20)18-14-11-8-7-10-13(14)2/h7-8,10-11H,3-6,9,12H2,1-2H3,(H,17,19)(H,18,20). The number of rotatable bonds is 7. The van der Waals surface area contributed by atoms with E-state index in [1.54, 1.807) is 6.07 Å². The molecule has 0 aliphatic rings. The number of para-hydroxylation sites is 1. The molecule has 110 valence electrons. The first-order chi connectivity index (χ1) is 9.65. The van der Waals surface area contributed by atoms with Crippen LogP contribution < -0.4 is 10.6 Å². The Balaban J connectivity index is 2.26. The van der Waals surface area contributed by atoms with Crippen LogP contribution in [-0.2, 0) is 9.59 Å². The van der Waals surface area contributed by atoms with Gasteiger partial charge in [0, 0.05) is 12.2 Å². The maximum absolute atomic E-state index is 11.7. The molecule has 0 aromatic heterocycles. The topological polar surface area (TPSA) is 58.2 Å². The molecule has 1 aromatic rings. The summed E-state index contributed by atoms with van der Waals surface area (Å²) in [6.07, 6.45) is 5.62. The van der Waals surface area contributed by atoms with E-state index in [0.29, 0.717) is 12.2 Å². The Kier molecular flexibility index (Phi) is 7.40. The fourth-order valence-electron chi connectivity index (χ4n) is 1.90. The van der Waals surface area contributed by atoms with Crippen molar-refractivity contribution >= 4 is 17.5 Å². The molecule has 0 saturated heterocycles. The van der Waals surface area contributed by atoms with Crippen LogP contribution in [0.3, 0.4) is 0 Å². The summed E-state index contributed by atoms with van der Waals surface area (Å²) in [5.41, 5.74) is 1.61. The highest BCUT2D eigenvalue weighted by molar-refractivity contribution is 6.39. The zero-order valence-electron chi connectivity index (χ0n) is 12.4. The SMILES string of the molecule is CCCCCCCNC(=O)C(=O)Nc1ccccc1C. The lowest BCUT2D eigenvalue weighted by atomic mass is 10.1. The molecule has 0 bridgehead atoms. The van der Waals surface area contributed by atoms with Gasteiger partial charge in [-0.25, -0.2) is 0 Å². The van der Waals surface area contributed by atoms with Crippen molar-refractivity contribution in [1.29, 1.82) is 0 Å². The molecule has 0 heterocycles. The number of anilines is 1. The van der Waals surface area contributed by atoms with Gasteiger partial charge in [-0.05, 0) is 25.0 Å². The van der Waals surface area contributed by atoms with Gasteiger partial charge in [0.05, 0.1) is 0 Å². The van der Waals surface area contributed by atoms with Crippen LogP contribution in [0, 0.1) is 6.92 Å². The monoisotopic (exact) mass is 276 g/mol. The lowest BCUT2D eigenvalue weighted by Gasteiger charge is -2.08. The predicted molar refractivity (Wildman–Crippen MR) is 81.6 cm³/mol. The predicted octanol–water partition coefficient (Wildman–Crippen LogP) is 3.02. The Hall–Kier alpha value is -1.84. The smallest absolute Gasteiger partial charge is 0.313 e. The van der Waals surface area contributed by atoms with Crippen molar-refractivity contribution in [3.63, 3.8) is 0 Å². The van der Waals surface area contributed by atoms with Crippen molar-refractivity contribution in [3.8, 4) is 0 Å². The Morgan fingerprint density at radius 3 is 2.40 bits per heavy atom. The molecule has 4 heteroatoms. The van der Waals surface area contributed by atoms with E-state index in [4.69, 9.17) is 0 Å². The molecule has 0 fully saturated rings. The number of aryl methyl sites for hydroxylation is 1. The van der Waals surface area contributed by atoms with E-state index >= 15 is 0 Å². The van der Waals surface area contributed by atoms with E-state index in [9.17, 15) is 9.59 Å².